The lowest BCUT2D eigenvalue weighted by molar-refractivity contribution is 0.418. The molecular weight excluding hydrogens is 162 g/mol. The minimum absolute atomic E-state index is 0.843. The lowest BCUT2D eigenvalue weighted by Crippen LogP contribution is -1.88. The first-order chi connectivity index (χ1) is 6.33. The van der Waals surface area contributed by atoms with Gasteiger partial charge in [0, 0.05) is 17.0 Å². The van der Waals surface area contributed by atoms with Crippen molar-refractivity contribution in [3.63, 3.8) is 0 Å². The molecule has 2 heteroatoms. The number of ether oxygens (including phenoxy) is 1. The van der Waals surface area contributed by atoms with Gasteiger partial charge >= 0.3 is 0 Å². The van der Waals surface area contributed by atoms with Gasteiger partial charge in [0.05, 0.1) is 13.3 Å². The predicted molar refractivity (Wildman–Crippen MR) is 53.0 cm³/mol. The molecule has 0 aliphatic heterocycles. The van der Waals surface area contributed by atoms with E-state index in [4.69, 9.17) is 4.74 Å². The fourth-order valence-corrected chi connectivity index (χ4v) is 1.54. The molecule has 0 amide bonds. The number of methoxy groups -OCH3 is 1. The van der Waals surface area contributed by atoms with Crippen molar-refractivity contribution < 1.29 is 4.74 Å². The van der Waals surface area contributed by atoms with E-state index in [0.717, 1.165) is 16.5 Å². The molecule has 13 heavy (non-hydrogen) atoms. The van der Waals surface area contributed by atoms with Gasteiger partial charge in [0.15, 0.2) is 0 Å². The Bertz CT molecular complexity index is 432. The summed E-state index contributed by atoms with van der Waals surface area (Å²) in [5.41, 5.74) is 1.22. The zero-order chi connectivity index (χ0) is 9.26. The molecule has 2 rings (SSSR count). The molecule has 1 aromatic heterocycles. The van der Waals surface area contributed by atoms with E-state index in [1.165, 1.54) is 5.56 Å². The molecule has 0 unspecified atom stereocenters. The molecule has 2 aromatic rings. The number of aryl methyl sites for hydroxylation is 1. The lowest BCUT2D eigenvalue weighted by Gasteiger charge is -2.06. The van der Waals surface area contributed by atoms with Crippen LogP contribution in [-0.4, -0.2) is 12.1 Å². The van der Waals surface area contributed by atoms with Crippen LogP contribution in [0.4, 0.5) is 0 Å². The van der Waals surface area contributed by atoms with Crippen molar-refractivity contribution in [1.82, 2.24) is 4.98 Å². The van der Waals surface area contributed by atoms with E-state index in [1.54, 1.807) is 13.3 Å². The van der Waals surface area contributed by atoms with Crippen LogP contribution < -0.4 is 4.74 Å². The summed E-state index contributed by atoms with van der Waals surface area (Å²) < 4.78 is 5.25. The second-order valence-corrected chi connectivity index (χ2v) is 3.01. The predicted octanol–water partition coefficient (Wildman–Crippen LogP) is 2.55. The Balaban J connectivity index is 2.87. The summed E-state index contributed by atoms with van der Waals surface area (Å²) >= 11 is 0. The van der Waals surface area contributed by atoms with Crippen LogP contribution in [0.25, 0.3) is 10.8 Å². The monoisotopic (exact) mass is 173 g/mol. The van der Waals surface area contributed by atoms with E-state index in [-0.39, 0.29) is 0 Å². The van der Waals surface area contributed by atoms with Crippen molar-refractivity contribution in [2.24, 2.45) is 0 Å². The van der Waals surface area contributed by atoms with Crippen LogP contribution in [0.5, 0.6) is 5.75 Å². The standard InChI is InChI=1S/C11H11NO/c1-8-4-3-5-9-6-12-7-10(13-2)11(8)9/h3-7H,1-2H3. The number of hydrogen-bond donors (Lipinski definition) is 0. The molecule has 0 N–H and O–H groups in total. The maximum absolute atomic E-state index is 5.25. The van der Waals surface area contributed by atoms with Gasteiger partial charge in [-0.15, -0.1) is 0 Å². The van der Waals surface area contributed by atoms with E-state index in [2.05, 4.69) is 18.0 Å². The van der Waals surface area contributed by atoms with Crippen molar-refractivity contribution in [3.8, 4) is 5.75 Å². The summed E-state index contributed by atoms with van der Waals surface area (Å²) in [6, 6.07) is 6.14. The van der Waals surface area contributed by atoms with Crippen LogP contribution in [0.3, 0.4) is 0 Å². The van der Waals surface area contributed by atoms with Gasteiger partial charge in [-0.1, -0.05) is 18.2 Å². The first-order valence-corrected chi connectivity index (χ1v) is 4.20. The van der Waals surface area contributed by atoms with E-state index in [0.29, 0.717) is 0 Å². The molecule has 0 atom stereocenters. The third-order valence-corrected chi connectivity index (χ3v) is 2.18. The Hall–Kier alpha value is -1.57. The highest BCUT2D eigenvalue weighted by Gasteiger charge is 2.02. The number of pyridine rings is 1. The fraction of sp³-hybridized carbons (Fsp3) is 0.182. The maximum Gasteiger partial charge on any atom is 0.145 e. The second kappa shape index (κ2) is 3.05. The molecule has 0 aliphatic rings. The summed E-state index contributed by atoms with van der Waals surface area (Å²) in [6.07, 6.45) is 3.60. The van der Waals surface area contributed by atoms with Crippen LogP contribution in [-0.2, 0) is 0 Å². The number of fused-ring (bicyclic) bond motifs is 1. The molecule has 0 radical (unpaired) electrons. The Kier molecular flexibility index (Phi) is 1.89. The quantitative estimate of drug-likeness (QED) is 0.661. The number of rotatable bonds is 1. The number of aromatic nitrogens is 1. The van der Waals surface area contributed by atoms with Gasteiger partial charge in [-0.2, -0.15) is 0 Å². The smallest absolute Gasteiger partial charge is 0.145 e. The zero-order valence-electron chi connectivity index (χ0n) is 7.74. The van der Waals surface area contributed by atoms with E-state index >= 15 is 0 Å². The second-order valence-electron chi connectivity index (χ2n) is 3.01. The average molecular weight is 173 g/mol. The van der Waals surface area contributed by atoms with E-state index in [1.807, 2.05) is 18.3 Å². The third-order valence-electron chi connectivity index (χ3n) is 2.18. The molecule has 1 heterocycles. The van der Waals surface area contributed by atoms with Crippen molar-refractivity contribution in [3.05, 3.63) is 36.2 Å². The summed E-state index contributed by atoms with van der Waals surface area (Å²) in [5, 5.41) is 2.28. The van der Waals surface area contributed by atoms with E-state index < -0.39 is 0 Å². The average Bonchev–Trinajstić information content (AvgIpc) is 2.17. The van der Waals surface area contributed by atoms with Crippen LogP contribution >= 0.6 is 0 Å². The molecular formula is C11H11NO. The number of hydrogen-bond acceptors (Lipinski definition) is 2. The minimum atomic E-state index is 0.843. The van der Waals surface area contributed by atoms with Crippen LogP contribution in [0, 0.1) is 6.92 Å². The van der Waals surface area contributed by atoms with Gasteiger partial charge in [-0.05, 0) is 12.5 Å². The van der Waals surface area contributed by atoms with Gasteiger partial charge in [0.2, 0.25) is 0 Å². The Labute approximate surface area is 77.2 Å². The summed E-state index contributed by atoms with van der Waals surface area (Å²) in [5.74, 6) is 0.843. The van der Waals surface area contributed by atoms with Crippen LogP contribution in [0.1, 0.15) is 5.56 Å². The maximum atomic E-state index is 5.25. The summed E-state index contributed by atoms with van der Waals surface area (Å²) in [7, 11) is 1.67. The van der Waals surface area contributed by atoms with Crippen molar-refractivity contribution in [1.29, 1.82) is 0 Å². The van der Waals surface area contributed by atoms with E-state index in [9.17, 15) is 0 Å². The van der Waals surface area contributed by atoms with Gasteiger partial charge in [0.25, 0.3) is 0 Å². The normalized spacial score (nSPS) is 10.3. The number of nitrogens with zero attached hydrogens (tertiary/aromatic N) is 1. The molecule has 0 bridgehead atoms. The molecule has 66 valence electrons. The van der Waals surface area contributed by atoms with Gasteiger partial charge < -0.3 is 4.74 Å². The first-order valence-electron chi connectivity index (χ1n) is 4.20. The molecule has 1 aromatic carbocycles. The molecule has 2 nitrogen and oxygen atoms in total. The lowest BCUT2D eigenvalue weighted by atomic mass is 10.1. The van der Waals surface area contributed by atoms with Crippen molar-refractivity contribution in [2.75, 3.05) is 7.11 Å². The fourth-order valence-electron chi connectivity index (χ4n) is 1.54. The van der Waals surface area contributed by atoms with Gasteiger partial charge in [0.1, 0.15) is 5.75 Å². The highest BCUT2D eigenvalue weighted by molar-refractivity contribution is 5.90. The molecule has 0 saturated heterocycles. The van der Waals surface area contributed by atoms with Crippen molar-refractivity contribution in [2.45, 2.75) is 6.92 Å². The largest absolute Gasteiger partial charge is 0.494 e. The molecule has 0 fully saturated rings. The van der Waals surface area contributed by atoms with Crippen LogP contribution in [0.15, 0.2) is 30.6 Å². The highest BCUT2D eigenvalue weighted by atomic mass is 16.5. The topological polar surface area (TPSA) is 22.1 Å². The zero-order valence-corrected chi connectivity index (χ0v) is 7.74. The molecule has 0 aliphatic carbocycles. The third kappa shape index (κ3) is 1.24. The Morgan fingerprint density at radius 2 is 2.08 bits per heavy atom. The number of benzene rings is 1. The molecule has 0 spiro atoms. The van der Waals surface area contributed by atoms with Crippen molar-refractivity contribution >= 4 is 10.8 Å². The summed E-state index contributed by atoms with van der Waals surface area (Å²) in [4.78, 5) is 4.10. The Morgan fingerprint density at radius 1 is 1.23 bits per heavy atom. The summed E-state index contributed by atoms with van der Waals surface area (Å²) in [6.45, 7) is 2.07. The highest BCUT2D eigenvalue weighted by Crippen LogP contribution is 2.26. The van der Waals surface area contributed by atoms with Gasteiger partial charge in [-0.3, -0.25) is 4.98 Å². The Morgan fingerprint density at radius 3 is 2.85 bits per heavy atom. The van der Waals surface area contributed by atoms with Crippen LogP contribution in [0.2, 0.25) is 0 Å². The van der Waals surface area contributed by atoms with Gasteiger partial charge in [-0.25, -0.2) is 0 Å². The molecule has 0 saturated carbocycles. The minimum Gasteiger partial charge on any atom is -0.494 e. The SMILES string of the molecule is COc1cncc2cccc(C)c12. The first kappa shape index (κ1) is 8.05.